The quantitative estimate of drug-likeness (QED) is 0.796. The summed E-state index contributed by atoms with van der Waals surface area (Å²) in [7, 11) is -2.97. The maximum Gasteiger partial charge on any atom is 0.332 e. The summed E-state index contributed by atoms with van der Waals surface area (Å²) in [6.07, 6.45) is 0.746. The maximum atomic E-state index is 12.8. The van der Waals surface area contributed by atoms with Crippen LogP contribution in [0.5, 0.6) is 0 Å². The van der Waals surface area contributed by atoms with Gasteiger partial charge in [0.2, 0.25) is 5.91 Å². The molecule has 0 bridgehead atoms. The summed E-state index contributed by atoms with van der Waals surface area (Å²) in [5.41, 5.74) is 1.59. The Morgan fingerprint density at radius 2 is 1.64 bits per heavy atom. The molecule has 0 saturated heterocycles. The Kier molecular flexibility index (Phi) is 4.92. The highest BCUT2D eigenvalue weighted by molar-refractivity contribution is 7.86. The van der Waals surface area contributed by atoms with Crippen molar-refractivity contribution in [3.8, 4) is 0 Å². The van der Waals surface area contributed by atoms with Crippen molar-refractivity contribution in [3.63, 3.8) is 0 Å². The lowest BCUT2D eigenvalue weighted by Gasteiger charge is -2.17. The van der Waals surface area contributed by atoms with E-state index >= 15 is 0 Å². The Morgan fingerprint density at radius 1 is 1.05 bits per heavy atom. The van der Waals surface area contributed by atoms with Gasteiger partial charge >= 0.3 is 10.2 Å². The summed E-state index contributed by atoms with van der Waals surface area (Å²) in [6, 6.07) is 14.7. The van der Waals surface area contributed by atoms with E-state index in [0.29, 0.717) is 6.42 Å². The van der Waals surface area contributed by atoms with Gasteiger partial charge in [0, 0.05) is 19.2 Å². The monoisotopic (exact) mass is 321 g/mol. The van der Waals surface area contributed by atoms with Crippen LogP contribution in [0.3, 0.4) is 0 Å². The minimum absolute atomic E-state index is 0.0478. The van der Waals surface area contributed by atoms with Crippen LogP contribution < -0.4 is 4.90 Å². The molecule has 0 aromatic heterocycles. The van der Waals surface area contributed by atoms with Gasteiger partial charge in [-0.05, 0) is 36.2 Å². The van der Waals surface area contributed by atoms with Crippen molar-refractivity contribution in [3.05, 3.63) is 60.2 Å². The Bertz CT molecular complexity index is 743. The summed E-state index contributed by atoms with van der Waals surface area (Å²) >= 11 is 0. The van der Waals surface area contributed by atoms with Crippen LogP contribution >= 0.6 is 0 Å². The first-order valence-corrected chi connectivity index (χ1v) is 8.11. The van der Waals surface area contributed by atoms with E-state index in [9.17, 15) is 17.1 Å². The number of hydrogen-bond donors (Lipinski definition) is 0. The third-order valence-electron chi connectivity index (χ3n) is 3.35. The third kappa shape index (κ3) is 4.14. The van der Waals surface area contributed by atoms with E-state index in [4.69, 9.17) is 0 Å². The van der Waals surface area contributed by atoms with Gasteiger partial charge < -0.3 is 4.90 Å². The van der Waals surface area contributed by atoms with E-state index in [2.05, 4.69) is 0 Å². The van der Waals surface area contributed by atoms with Crippen molar-refractivity contribution in [2.24, 2.45) is 0 Å². The molecule has 2 aromatic rings. The first kappa shape index (κ1) is 16.2. The fraction of sp³-hybridized carbons (Fsp3) is 0.188. The van der Waals surface area contributed by atoms with Gasteiger partial charge in [0.1, 0.15) is 0 Å². The van der Waals surface area contributed by atoms with Gasteiger partial charge in [-0.1, -0.05) is 30.3 Å². The number of para-hydroxylation sites is 1. The van der Waals surface area contributed by atoms with Crippen LogP contribution in [0.25, 0.3) is 0 Å². The van der Waals surface area contributed by atoms with E-state index in [1.165, 1.54) is 24.3 Å². The molecule has 0 spiro atoms. The molecular formula is C16H16FNO3S. The zero-order valence-electron chi connectivity index (χ0n) is 12.1. The second-order valence-corrected chi connectivity index (χ2v) is 6.22. The summed E-state index contributed by atoms with van der Waals surface area (Å²) in [6.45, 7) is 0. The zero-order chi connectivity index (χ0) is 16.2. The SMILES string of the molecule is CN(C(=O)CCc1ccc(S(=O)(=O)F)cc1)c1ccccc1. The summed E-state index contributed by atoms with van der Waals surface area (Å²) < 4.78 is 34.2. The lowest BCUT2D eigenvalue weighted by Crippen LogP contribution is -2.26. The highest BCUT2D eigenvalue weighted by atomic mass is 32.3. The van der Waals surface area contributed by atoms with Crippen molar-refractivity contribution in [1.29, 1.82) is 0 Å². The molecule has 4 nitrogen and oxygen atoms in total. The molecule has 2 rings (SSSR count). The Hall–Kier alpha value is -2.21. The standard InChI is InChI=1S/C16H16FNO3S/c1-18(14-5-3-2-4-6-14)16(19)12-9-13-7-10-15(11-8-13)22(17,20)21/h2-8,10-11H,9,12H2,1H3. The molecule has 0 atom stereocenters. The first-order valence-electron chi connectivity index (χ1n) is 6.73. The molecule has 0 radical (unpaired) electrons. The Labute approximate surface area is 129 Å². The van der Waals surface area contributed by atoms with E-state index in [-0.39, 0.29) is 17.2 Å². The lowest BCUT2D eigenvalue weighted by molar-refractivity contribution is -0.118. The van der Waals surface area contributed by atoms with Gasteiger partial charge in [-0.15, -0.1) is 3.89 Å². The fourth-order valence-electron chi connectivity index (χ4n) is 2.03. The van der Waals surface area contributed by atoms with Crippen molar-refractivity contribution >= 4 is 21.8 Å². The van der Waals surface area contributed by atoms with E-state index in [0.717, 1.165) is 11.3 Å². The number of benzene rings is 2. The minimum atomic E-state index is -4.68. The summed E-state index contributed by atoms with van der Waals surface area (Å²) in [5.74, 6) is -0.0478. The molecule has 0 N–H and O–H groups in total. The predicted molar refractivity (Wildman–Crippen MR) is 82.9 cm³/mol. The highest BCUT2D eigenvalue weighted by Crippen LogP contribution is 2.16. The van der Waals surface area contributed by atoms with Gasteiger partial charge in [-0.2, -0.15) is 8.42 Å². The molecule has 0 aliphatic rings. The molecule has 0 aliphatic heterocycles. The Morgan fingerprint density at radius 3 is 2.18 bits per heavy atom. The van der Waals surface area contributed by atoms with Gasteiger partial charge in [0.05, 0.1) is 4.90 Å². The predicted octanol–water partition coefficient (Wildman–Crippen LogP) is 2.94. The summed E-state index contributed by atoms with van der Waals surface area (Å²) in [4.78, 5) is 13.3. The molecule has 0 fully saturated rings. The number of aryl methyl sites for hydroxylation is 1. The number of carbonyl (C=O) groups is 1. The first-order chi connectivity index (χ1) is 10.4. The third-order valence-corrected chi connectivity index (χ3v) is 4.19. The van der Waals surface area contributed by atoms with Crippen molar-refractivity contribution in [1.82, 2.24) is 0 Å². The second-order valence-electron chi connectivity index (χ2n) is 4.87. The van der Waals surface area contributed by atoms with Crippen molar-refractivity contribution in [2.45, 2.75) is 17.7 Å². The van der Waals surface area contributed by atoms with Crippen LogP contribution in [0.2, 0.25) is 0 Å². The largest absolute Gasteiger partial charge is 0.332 e. The maximum absolute atomic E-state index is 12.8. The molecule has 116 valence electrons. The van der Waals surface area contributed by atoms with Crippen LogP contribution in [-0.2, 0) is 21.4 Å². The second kappa shape index (κ2) is 6.70. The van der Waals surface area contributed by atoms with E-state index in [1.807, 2.05) is 30.3 Å². The van der Waals surface area contributed by atoms with Gasteiger partial charge in [0.25, 0.3) is 0 Å². The molecule has 1 amide bonds. The van der Waals surface area contributed by atoms with Crippen LogP contribution in [-0.4, -0.2) is 21.4 Å². The number of rotatable bonds is 5. The van der Waals surface area contributed by atoms with Crippen molar-refractivity contribution in [2.75, 3.05) is 11.9 Å². The average molecular weight is 321 g/mol. The number of anilines is 1. The lowest BCUT2D eigenvalue weighted by atomic mass is 10.1. The molecule has 0 saturated carbocycles. The molecule has 22 heavy (non-hydrogen) atoms. The molecule has 0 heterocycles. The Balaban J connectivity index is 1.97. The highest BCUT2D eigenvalue weighted by Gasteiger charge is 2.13. The van der Waals surface area contributed by atoms with Crippen LogP contribution in [0.15, 0.2) is 59.5 Å². The van der Waals surface area contributed by atoms with Crippen LogP contribution in [0.4, 0.5) is 9.57 Å². The fourth-order valence-corrected chi connectivity index (χ4v) is 2.49. The number of nitrogens with zero attached hydrogens (tertiary/aromatic N) is 1. The summed E-state index contributed by atoms with van der Waals surface area (Å²) in [5, 5.41) is 0. The average Bonchev–Trinajstić information content (AvgIpc) is 2.52. The number of halogens is 1. The van der Waals surface area contributed by atoms with E-state index < -0.39 is 10.2 Å². The van der Waals surface area contributed by atoms with Gasteiger partial charge in [0.15, 0.2) is 0 Å². The molecule has 2 aromatic carbocycles. The molecule has 6 heteroatoms. The van der Waals surface area contributed by atoms with Gasteiger partial charge in [-0.25, -0.2) is 0 Å². The van der Waals surface area contributed by atoms with E-state index in [1.54, 1.807) is 11.9 Å². The van der Waals surface area contributed by atoms with Gasteiger partial charge in [-0.3, -0.25) is 4.79 Å². The number of hydrogen-bond acceptors (Lipinski definition) is 3. The normalized spacial score (nSPS) is 11.2. The zero-order valence-corrected chi connectivity index (χ0v) is 12.9. The molecular weight excluding hydrogens is 305 g/mol. The molecule has 0 unspecified atom stereocenters. The topological polar surface area (TPSA) is 54.5 Å². The van der Waals surface area contributed by atoms with Crippen LogP contribution in [0.1, 0.15) is 12.0 Å². The number of carbonyl (C=O) groups excluding carboxylic acids is 1. The smallest absolute Gasteiger partial charge is 0.315 e. The van der Waals surface area contributed by atoms with Crippen LogP contribution in [0, 0.1) is 0 Å². The minimum Gasteiger partial charge on any atom is -0.315 e. The van der Waals surface area contributed by atoms with Crippen molar-refractivity contribution < 1.29 is 17.1 Å². The molecule has 0 aliphatic carbocycles. The number of amides is 1.